The fraction of sp³-hybridized carbons (Fsp3) is 0.857. The second kappa shape index (κ2) is 6.30. The average molecular weight is 352 g/mol. The highest BCUT2D eigenvalue weighted by Crippen LogP contribution is 2.43. The van der Waals surface area contributed by atoms with E-state index in [9.17, 15) is 9.59 Å². The zero-order valence-electron chi connectivity index (χ0n) is 11.9. The van der Waals surface area contributed by atoms with Gasteiger partial charge in [-0.2, -0.15) is 0 Å². The molecule has 0 aliphatic heterocycles. The van der Waals surface area contributed by atoms with Crippen molar-refractivity contribution in [2.75, 3.05) is 0 Å². The van der Waals surface area contributed by atoms with Crippen LogP contribution in [0.1, 0.15) is 60.8 Å². The second-order valence-electron chi connectivity index (χ2n) is 5.95. The summed E-state index contributed by atoms with van der Waals surface area (Å²) >= 11 is 2.15. The number of hydrogen-bond acceptors (Lipinski definition) is 2. The van der Waals surface area contributed by atoms with E-state index >= 15 is 0 Å². The molecular formula is C14H25IO2. The van der Waals surface area contributed by atoms with Crippen molar-refractivity contribution in [1.29, 1.82) is 0 Å². The minimum atomic E-state index is -0.461. The molecule has 1 atom stereocenters. The maximum Gasteiger partial charge on any atom is 0.151 e. The first-order chi connectivity index (χ1) is 7.56. The number of Topliss-reactive ketones (excluding diaryl/α,β-unsaturated/α-hetero) is 2. The van der Waals surface area contributed by atoms with Crippen molar-refractivity contribution in [3.8, 4) is 0 Å². The first-order valence-corrected chi connectivity index (χ1v) is 7.51. The fourth-order valence-electron chi connectivity index (χ4n) is 1.91. The minimum Gasteiger partial charge on any atom is -0.300 e. The van der Waals surface area contributed by atoms with Crippen LogP contribution in [0.4, 0.5) is 0 Å². The highest BCUT2D eigenvalue weighted by Gasteiger charge is 2.44. The molecule has 0 aromatic heterocycles. The second-order valence-corrected chi connectivity index (χ2v) is 7.82. The molecule has 0 spiro atoms. The van der Waals surface area contributed by atoms with E-state index in [4.69, 9.17) is 0 Å². The van der Waals surface area contributed by atoms with Gasteiger partial charge >= 0.3 is 0 Å². The van der Waals surface area contributed by atoms with Gasteiger partial charge in [0.25, 0.3) is 0 Å². The molecule has 2 nitrogen and oxygen atoms in total. The first-order valence-electron chi connectivity index (χ1n) is 6.26. The summed E-state index contributed by atoms with van der Waals surface area (Å²) in [7, 11) is 0. The third kappa shape index (κ3) is 4.34. The predicted octanol–water partition coefficient (Wildman–Crippen LogP) is 4.19. The highest BCUT2D eigenvalue weighted by atomic mass is 127. The van der Waals surface area contributed by atoms with E-state index in [1.165, 1.54) is 0 Å². The van der Waals surface area contributed by atoms with Crippen LogP contribution in [0.2, 0.25) is 0 Å². The molecule has 0 heterocycles. The first kappa shape index (κ1) is 17.1. The summed E-state index contributed by atoms with van der Waals surface area (Å²) in [5, 5.41) is 0. The molecule has 3 heteroatoms. The Morgan fingerprint density at radius 3 is 2.00 bits per heavy atom. The van der Waals surface area contributed by atoms with Gasteiger partial charge in [-0.15, -0.1) is 0 Å². The largest absolute Gasteiger partial charge is 0.300 e. The molecule has 0 amide bonds. The van der Waals surface area contributed by atoms with Gasteiger partial charge in [-0.25, -0.2) is 0 Å². The van der Waals surface area contributed by atoms with Crippen molar-refractivity contribution in [2.45, 2.75) is 64.7 Å². The van der Waals surface area contributed by atoms with Gasteiger partial charge in [-0.1, -0.05) is 57.2 Å². The fourth-order valence-corrected chi connectivity index (χ4v) is 2.69. The normalized spacial score (nSPS) is 14.5. The molecule has 100 valence electrons. The Kier molecular flexibility index (Phi) is 6.33. The van der Waals surface area contributed by atoms with E-state index in [0.717, 1.165) is 6.42 Å². The topological polar surface area (TPSA) is 34.1 Å². The maximum atomic E-state index is 12.2. The highest BCUT2D eigenvalue weighted by molar-refractivity contribution is 14.1. The van der Waals surface area contributed by atoms with Crippen LogP contribution in [0.25, 0.3) is 0 Å². The lowest BCUT2D eigenvalue weighted by Gasteiger charge is -2.41. The van der Waals surface area contributed by atoms with Crippen LogP contribution < -0.4 is 0 Å². The summed E-state index contributed by atoms with van der Waals surface area (Å²) < 4.78 is -0.0110. The van der Waals surface area contributed by atoms with E-state index in [1.807, 2.05) is 41.5 Å². The summed E-state index contributed by atoms with van der Waals surface area (Å²) in [5.41, 5.74) is -0.743. The molecule has 0 rings (SSSR count). The van der Waals surface area contributed by atoms with Crippen LogP contribution in [0.15, 0.2) is 0 Å². The van der Waals surface area contributed by atoms with Gasteiger partial charge in [0.05, 0.1) is 3.92 Å². The summed E-state index contributed by atoms with van der Waals surface area (Å²) in [6.45, 7) is 11.9. The standard InChI is InChI=1S/C14H25IO2/c1-7-8-11(16)9-13(3,4)14(5,6)12(17)10(2)15/h10H,7-9H2,1-6H3. The molecule has 0 saturated heterocycles. The Morgan fingerprint density at radius 1 is 1.18 bits per heavy atom. The quantitative estimate of drug-likeness (QED) is 0.509. The van der Waals surface area contributed by atoms with E-state index < -0.39 is 5.41 Å². The summed E-state index contributed by atoms with van der Waals surface area (Å²) in [6.07, 6.45) is 1.99. The lowest BCUT2D eigenvalue weighted by Crippen LogP contribution is -2.43. The molecule has 0 bridgehead atoms. The predicted molar refractivity (Wildman–Crippen MR) is 80.6 cm³/mol. The zero-order chi connectivity index (χ0) is 13.9. The number of carbonyl (C=O) groups excluding carboxylic acids is 2. The van der Waals surface area contributed by atoms with Crippen LogP contribution in [0.5, 0.6) is 0 Å². The van der Waals surface area contributed by atoms with E-state index in [-0.39, 0.29) is 20.9 Å². The molecular weight excluding hydrogens is 327 g/mol. The molecule has 0 fully saturated rings. The van der Waals surface area contributed by atoms with Crippen LogP contribution in [0, 0.1) is 10.8 Å². The number of alkyl halides is 1. The number of rotatable bonds is 7. The third-order valence-corrected chi connectivity index (χ3v) is 4.40. The zero-order valence-corrected chi connectivity index (χ0v) is 14.1. The van der Waals surface area contributed by atoms with E-state index in [1.54, 1.807) is 0 Å². The van der Waals surface area contributed by atoms with Gasteiger partial charge in [0.2, 0.25) is 0 Å². The van der Waals surface area contributed by atoms with Crippen LogP contribution >= 0.6 is 22.6 Å². The molecule has 0 aromatic rings. The summed E-state index contributed by atoms with van der Waals surface area (Å²) in [4.78, 5) is 24.0. The monoisotopic (exact) mass is 352 g/mol. The molecule has 0 aromatic carbocycles. The number of hydrogen-bond donors (Lipinski definition) is 0. The molecule has 1 unspecified atom stereocenters. The van der Waals surface area contributed by atoms with Crippen LogP contribution in [-0.2, 0) is 9.59 Å². The molecule has 0 saturated carbocycles. The van der Waals surface area contributed by atoms with Gasteiger partial charge in [-0.05, 0) is 18.8 Å². The Morgan fingerprint density at radius 2 is 1.65 bits per heavy atom. The van der Waals surface area contributed by atoms with Gasteiger partial charge in [-0.3, -0.25) is 9.59 Å². The van der Waals surface area contributed by atoms with Crippen molar-refractivity contribution in [2.24, 2.45) is 10.8 Å². The minimum absolute atomic E-state index is 0.0110. The molecule has 0 radical (unpaired) electrons. The Bertz CT molecular complexity index is 291. The third-order valence-electron chi connectivity index (χ3n) is 3.84. The number of halogens is 1. The Hall–Kier alpha value is 0.0700. The summed E-state index contributed by atoms with van der Waals surface area (Å²) in [5.74, 6) is 0.492. The lowest BCUT2D eigenvalue weighted by molar-refractivity contribution is -0.134. The molecule has 0 N–H and O–H groups in total. The van der Waals surface area contributed by atoms with E-state index in [0.29, 0.717) is 12.8 Å². The number of ketones is 2. The molecule has 0 aliphatic carbocycles. The Balaban J connectivity index is 4.90. The van der Waals surface area contributed by atoms with Gasteiger partial charge in [0.15, 0.2) is 5.78 Å². The van der Waals surface area contributed by atoms with Crippen molar-refractivity contribution in [1.82, 2.24) is 0 Å². The van der Waals surface area contributed by atoms with E-state index in [2.05, 4.69) is 22.6 Å². The average Bonchev–Trinajstić information content (AvgIpc) is 2.15. The number of carbonyl (C=O) groups is 2. The van der Waals surface area contributed by atoms with Gasteiger partial charge in [0, 0.05) is 18.3 Å². The van der Waals surface area contributed by atoms with Crippen molar-refractivity contribution in [3.05, 3.63) is 0 Å². The van der Waals surface area contributed by atoms with Crippen molar-refractivity contribution < 1.29 is 9.59 Å². The maximum absolute atomic E-state index is 12.2. The molecule has 0 aliphatic rings. The van der Waals surface area contributed by atoms with Crippen molar-refractivity contribution in [3.63, 3.8) is 0 Å². The van der Waals surface area contributed by atoms with Crippen molar-refractivity contribution >= 4 is 34.2 Å². The SMILES string of the molecule is CCCC(=O)CC(C)(C)C(C)(C)C(=O)C(C)I. The van der Waals surface area contributed by atoms with Crippen LogP contribution in [-0.4, -0.2) is 15.5 Å². The smallest absolute Gasteiger partial charge is 0.151 e. The Labute approximate surface area is 119 Å². The van der Waals surface area contributed by atoms with Gasteiger partial charge < -0.3 is 0 Å². The lowest BCUT2D eigenvalue weighted by atomic mass is 9.62. The molecule has 17 heavy (non-hydrogen) atoms. The summed E-state index contributed by atoms with van der Waals surface area (Å²) in [6, 6.07) is 0. The van der Waals surface area contributed by atoms with Gasteiger partial charge in [0.1, 0.15) is 5.78 Å². The van der Waals surface area contributed by atoms with Crippen LogP contribution in [0.3, 0.4) is 0 Å².